The fourth-order valence-electron chi connectivity index (χ4n) is 2.09. The lowest BCUT2D eigenvalue weighted by Crippen LogP contribution is -2.36. The maximum absolute atomic E-state index is 11.6. The van der Waals surface area contributed by atoms with E-state index in [4.69, 9.17) is 5.73 Å². The number of carbonyl (C=O) groups is 1. The molecule has 3 nitrogen and oxygen atoms in total. The van der Waals surface area contributed by atoms with Gasteiger partial charge in [0.2, 0.25) is 5.91 Å². The number of hydrogen-bond acceptors (Lipinski definition) is 3. The molecule has 0 aliphatic carbocycles. The van der Waals surface area contributed by atoms with Crippen LogP contribution in [0.5, 0.6) is 0 Å². The number of hydrogen-bond donors (Lipinski definition) is 1. The van der Waals surface area contributed by atoms with E-state index in [0.29, 0.717) is 30.8 Å². The van der Waals surface area contributed by atoms with Crippen molar-refractivity contribution >= 4 is 17.7 Å². The molecule has 0 aromatic rings. The van der Waals surface area contributed by atoms with Crippen LogP contribution < -0.4 is 5.73 Å². The highest BCUT2D eigenvalue weighted by molar-refractivity contribution is 7.99. The highest BCUT2D eigenvalue weighted by atomic mass is 32.2. The number of thioether (sulfide) groups is 1. The smallest absolute Gasteiger partial charge is 0.223 e. The minimum Gasteiger partial charge on any atom is -0.339 e. The first-order valence-corrected chi connectivity index (χ1v) is 6.04. The Morgan fingerprint density at radius 1 is 1.62 bits per heavy atom. The van der Waals surface area contributed by atoms with Crippen molar-refractivity contribution < 1.29 is 4.79 Å². The molecular formula is C9H16N2OS. The van der Waals surface area contributed by atoms with E-state index in [2.05, 4.69) is 4.90 Å². The molecule has 2 rings (SSSR count). The Balaban J connectivity index is 1.95. The number of likely N-dealkylation sites (tertiary alicyclic amines) is 1. The molecule has 13 heavy (non-hydrogen) atoms. The Hall–Kier alpha value is -0.220. The van der Waals surface area contributed by atoms with Gasteiger partial charge in [-0.1, -0.05) is 0 Å². The lowest BCUT2D eigenvalue weighted by atomic mass is 10.1. The first-order chi connectivity index (χ1) is 6.31. The number of carbonyl (C=O) groups excluding carboxylic acids is 1. The van der Waals surface area contributed by atoms with E-state index in [1.807, 2.05) is 11.8 Å². The Labute approximate surface area is 83.0 Å². The summed E-state index contributed by atoms with van der Waals surface area (Å²) in [6.45, 7) is 1.56. The lowest BCUT2D eigenvalue weighted by Gasteiger charge is -2.23. The molecule has 2 aliphatic rings. The van der Waals surface area contributed by atoms with E-state index in [-0.39, 0.29) is 0 Å². The van der Waals surface area contributed by atoms with Gasteiger partial charge in [0.05, 0.1) is 0 Å². The zero-order valence-corrected chi connectivity index (χ0v) is 8.55. The fourth-order valence-corrected chi connectivity index (χ4v) is 3.31. The molecule has 2 aliphatic heterocycles. The van der Waals surface area contributed by atoms with Crippen molar-refractivity contribution in [1.29, 1.82) is 0 Å². The predicted molar refractivity (Wildman–Crippen MR) is 54.6 cm³/mol. The first kappa shape index (κ1) is 9.34. The molecule has 1 amide bonds. The molecule has 2 atom stereocenters. The summed E-state index contributed by atoms with van der Waals surface area (Å²) in [7, 11) is 0. The summed E-state index contributed by atoms with van der Waals surface area (Å²) in [6.07, 6.45) is 1.85. The van der Waals surface area contributed by atoms with Crippen molar-refractivity contribution in [1.82, 2.24) is 4.90 Å². The third kappa shape index (κ3) is 1.83. The molecule has 0 radical (unpaired) electrons. The number of amides is 1. The van der Waals surface area contributed by atoms with E-state index < -0.39 is 0 Å². The van der Waals surface area contributed by atoms with Crippen LogP contribution in [0.2, 0.25) is 0 Å². The summed E-state index contributed by atoms with van der Waals surface area (Å²) in [5, 5.41) is 0. The third-order valence-electron chi connectivity index (χ3n) is 2.92. The van der Waals surface area contributed by atoms with Crippen LogP contribution in [-0.2, 0) is 4.79 Å². The van der Waals surface area contributed by atoms with Crippen molar-refractivity contribution in [2.75, 3.05) is 24.6 Å². The summed E-state index contributed by atoms with van der Waals surface area (Å²) in [5.74, 6) is 3.08. The van der Waals surface area contributed by atoms with Gasteiger partial charge in [0.1, 0.15) is 0 Å². The summed E-state index contributed by atoms with van der Waals surface area (Å²) < 4.78 is 0. The van der Waals surface area contributed by atoms with Crippen molar-refractivity contribution in [2.24, 2.45) is 11.7 Å². The van der Waals surface area contributed by atoms with E-state index in [9.17, 15) is 4.79 Å². The molecule has 0 aromatic carbocycles. The zero-order valence-electron chi connectivity index (χ0n) is 7.74. The Kier molecular flexibility index (Phi) is 2.79. The second-order valence-corrected chi connectivity index (χ2v) is 5.02. The van der Waals surface area contributed by atoms with Crippen LogP contribution in [-0.4, -0.2) is 41.4 Å². The molecule has 0 bridgehead atoms. The zero-order chi connectivity index (χ0) is 9.26. The van der Waals surface area contributed by atoms with Crippen LogP contribution in [0.15, 0.2) is 0 Å². The van der Waals surface area contributed by atoms with E-state index >= 15 is 0 Å². The molecule has 2 saturated heterocycles. The molecule has 2 N–H and O–H groups in total. The molecule has 4 heteroatoms. The summed E-state index contributed by atoms with van der Waals surface area (Å²) >= 11 is 1.95. The minimum absolute atomic E-state index is 0.322. The van der Waals surface area contributed by atoms with Gasteiger partial charge in [-0.15, -0.1) is 0 Å². The van der Waals surface area contributed by atoms with Crippen LogP contribution in [0.3, 0.4) is 0 Å². The molecule has 0 saturated carbocycles. The third-order valence-corrected chi connectivity index (χ3v) is 4.06. The van der Waals surface area contributed by atoms with Gasteiger partial charge in [-0.3, -0.25) is 4.79 Å². The van der Waals surface area contributed by atoms with Crippen molar-refractivity contribution in [2.45, 2.75) is 18.9 Å². The number of nitrogens with two attached hydrogens (primary N) is 1. The normalized spacial score (nSPS) is 34.5. The molecule has 2 heterocycles. The largest absolute Gasteiger partial charge is 0.339 e. The monoisotopic (exact) mass is 200 g/mol. The lowest BCUT2D eigenvalue weighted by molar-refractivity contribution is -0.129. The maximum atomic E-state index is 11.6. The van der Waals surface area contributed by atoms with Gasteiger partial charge in [-0.05, 0) is 24.6 Å². The Morgan fingerprint density at radius 3 is 3.00 bits per heavy atom. The predicted octanol–water partition coefficient (Wildman–Crippen LogP) is 0.299. The molecule has 2 unspecified atom stereocenters. The quantitative estimate of drug-likeness (QED) is 0.697. The highest BCUT2D eigenvalue weighted by Crippen LogP contribution is 2.27. The Morgan fingerprint density at radius 2 is 2.46 bits per heavy atom. The summed E-state index contributed by atoms with van der Waals surface area (Å²) in [5.41, 5.74) is 5.57. The van der Waals surface area contributed by atoms with Gasteiger partial charge in [0.25, 0.3) is 0 Å². The summed E-state index contributed by atoms with van der Waals surface area (Å²) in [6, 6.07) is 0.508. The van der Waals surface area contributed by atoms with Gasteiger partial charge in [0.15, 0.2) is 0 Å². The van der Waals surface area contributed by atoms with Crippen LogP contribution >= 0.6 is 11.8 Å². The second kappa shape index (κ2) is 3.88. The van der Waals surface area contributed by atoms with E-state index in [1.54, 1.807) is 0 Å². The molecule has 74 valence electrons. The van der Waals surface area contributed by atoms with E-state index in [0.717, 1.165) is 12.3 Å². The summed E-state index contributed by atoms with van der Waals surface area (Å²) in [4.78, 5) is 13.6. The standard InChI is InChI=1S/C9H16N2OS/c10-4-7-3-9(12)11(5-7)8-1-2-13-6-8/h7-8H,1-6,10H2. The fraction of sp³-hybridized carbons (Fsp3) is 0.889. The van der Waals surface area contributed by atoms with E-state index in [1.165, 1.54) is 12.2 Å². The number of rotatable bonds is 2. The van der Waals surface area contributed by atoms with Gasteiger partial charge < -0.3 is 10.6 Å². The van der Waals surface area contributed by atoms with Gasteiger partial charge in [-0.25, -0.2) is 0 Å². The maximum Gasteiger partial charge on any atom is 0.223 e. The molecular weight excluding hydrogens is 184 g/mol. The molecule has 0 spiro atoms. The van der Waals surface area contributed by atoms with Crippen LogP contribution in [0, 0.1) is 5.92 Å². The second-order valence-electron chi connectivity index (χ2n) is 3.87. The minimum atomic E-state index is 0.322. The van der Waals surface area contributed by atoms with Crippen LogP contribution in [0.1, 0.15) is 12.8 Å². The van der Waals surface area contributed by atoms with Gasteiger partial charge in [-0.2, -0.15) is 11.8 Å². The van der Waals surface area contributed by atoms with Crippen molar-refractivity contribution in [3.63, 3.8) is 0 Å². The van der Waals surface area contributed by atoms with Gasteiger partial charge >= 0.3 is 0 Å². The molecule has 0 aromatic heterocycles. The van der Waals surface area contributed by atoms with Crippen molar-refractivity contribution in [3.8, 4) is 0 Å². The van der Waals surface area contributed by atoms with Gasteiger partial charge in [0, 0.05) is 24.8 Å². The first-order valence-electron chi connectivity index (χ1n) is 4.88. The van der Waals surface area contributed by atoms with Crippen LogP contribution in [0.25, 0.3) is 0 Å². The van der Waals surface area contributed by atoms with Crippen LogP contribution in [0.4, 0.5) is 0 Å². The van der Waals surface area contributed by atoms with Crippen molar-refractivity contribution in [3.05, 3.63) is 0 Å². The highest BCUT2D eigenvalue weighted by Gasteiger charge is 2.34. The average Bonchev–Trinajstić information content (AvgIpc) is 2.72. The topological polar surface area (TPSA) is 46.3 Å². The number of nitrogens with zero attached hydrogens (tertiary/aromatic N) is 1. The average molecular weight is 200 g/mol. The Bertz CT molecular complexity index is 204. The molecule has 2 fully saturated rings. The SMILES string of the molecule is NCC1CC(=O)N(C2CCSC2)C1.